The summed E-state index contributed by atoms with van der Waals surface area (Å²) < 4.78 is 16.9. The minimum Gasteiger partial charge on any atom is -0.480 e. The third kappa shape index (κ3) is 20.9. The van der Waals surface area contributed by atoms with Crippen molar-refractivity contribution in [2.24, 2.45) is 11.5 Å². The van der Waals surface area contributed by atoms with Crippen molar-refractivity contribution in [2.45, 2.75) is 102 Å². The van der Waals surface area contributed by atoms with Gasteiger partial charge in [0.1, 0.15) is 24.7 Å². The molecule has 0 spiro atoms. The number of unbranched alkanes of at least 4 members (excludes halogenated alkanes) is 1. The van der Waals surface area contributed by atoms with Gasteiger partial charge in [-0.15, -0.1) is 0 Å². The van der Waals surface area contributed by atoms with E-state index < -0.39 is 97.0 Å². The van der Waals surface area contributed by atoms with Crippen LogP contribution in [-0.2, 0) is 67.6 Å². The zero-order valence-corrected chi connectivity index (χ0v) is 36.5. The van der Waals surface area contributed by atoms with Gasteiger partial charge in [-0.1, -0.05) is 91.0 Å². The second-order valence-electron chi connectivity index (χ2n) is 15.0. The Kier molecular flexibility index (Phi) is 23.2. The number of nitrogens with one attached hydrogen (secondary N) is 6. The van der Waals surface area contributed by atoms with Gasteiger partial charge in [-0.05, 0) is 56.2 Å². The number of alkyl carbamates (subject to hydrolysis) is 1. The summed E-state index contributed by atoms with van der Waals surface area (Å²) in [5.41, 5.74) is 13.5. The number of hydrogen-bond donors (Lipinski definition) is 9. The van der Waals surface area contributed by atoms with Gasteiger partial charge in [0.2, 0.25) is 35.4 Å². The molecule has 11 N–H and O–H groups in total. The number of ether oxygens (including phenoxy) is 3. The van der Waals surface area contributed by atoms with E-state index in [-0.39, 0.29) is 45.6 Å². The fourth-order valence-corrected chi connectivity index (χ4v) is 6.00. The van der Waals surface area contributed by atoms with Crippen LogP contribution < -0.4 is 43.4 Å². The molecule has 0 saturated carbocycles. The maximum Gasteiger partial charge on any atom is 0.407 e. The molecule has 20 nitrogen and oxygen atoms in total. The Bertz CT molecular complexity index is 1990. The molecule has 0 aliphatic heterocycles. The summed E-state index contributed by atoms with van der Waals surface area (Å²) in [6, 6.07) is 21.9. The average Bonchev–Trinajstić information content (AvgIpc) is 3.30. The molecule has 0 radical (unpaired) electrons. The quantitative estimate of drug-likeness (QED) is 0.0433. The van der Waals surface area contributed by atoms with Gasteiger partial charge < -0.3 is 62.7 Å². The molecular weight excluding hydrogens is 845 g/mol. The molecule has 0 unspecified atom stereocenters. The zero-order chi connectivity index (χ0) is 47.6. The molecule has 3 rings (SSSR count). The number of amides is 7. The predicted molar refractivity (Wildman–Crippen MR) is 236 cm³/mol. The first-order valence-electron chi connectivity index (χ1n) is 21.1. The van der Waals surface area contributed by atoms with Crippen molar-refractivity contribution in [3.63, 3.8) is 0 Å². The lowest BCUT2D eigenvalue weighted by Crippen LogP contribution is -2.59. The van der Waals surface area contributed by atoms with Gasteiger partial charge in [0, 0.05) is 13.0 Å². The summed E-state index contributed by atoms with van der Waals surface area (Å²) in [6.07, 6.45) is -2.08. The molecule has 3 aromatic rings. The number of nitrogens with two attached hydrogens (primary N) is 2. The average molecular weight is 905 g/mol. The number of carbonyl (C=O) groups is 8. The molecule has 6 atom stereocenters. The highest BCUT2D eigenvalue weighted by Gasteiger charge is 2.32. The Morgan fingerprint density at radius 3 is 1.52 bits per heavy atom. The highest BCUT2D eigenvalue weighted by molar-refractivity contribution is 5.95. The minimum atomic E-state index is -1.41. The molecule has 0 aliphatic rings. The van der Waals surface area contributed by atoms with E-state index in [0.717, 1.165) is 16.7 Å². The van der Waals surface area contributed by atoms with Crippen LogP contribution >= 0.6 is 0 Å². The summed E-state index contributed by atoms with van der Waals surface area (Å²) in [5, 5.41) is 24.6. The fraction of sp³-hybridized carbons (Fsp3) is 0.422. The number of benzene rings is 3. The number of aliphatic carboxylic acids is 1. The summed E-state index contributed by atoms with van der Waals surface area (Å²) in [5.74, 6) is -6.08. The Hall–Kier alpha value is -6.90. The molecule has 352 valence electrons. The molecule has 0 aliphatic carbocycles. The van der Waals surface area contributed by atoms with Crippen molar-refractivity contribution in [1.82, 2.24) is 31.9 Å². The molecule has 0 saturated heterocycles. The number of primary amides is 1. The largest absolute Gasteiger partial charge is 0.480 e. The number of carbonyl (C=O) groups excluding carboxylic acids is 7. The molecular formula is C45H60N8O12. The topological polar surface area (TPSA) is 309 Å². The lowest BCUT2D eigenvalue weighted by Gasteiger charge is -2.27. The lowest BCUT2D eigenvalue weighted by molar-refractivity contribution is -0.142. The van der Waals surface area contributed by atoms with Crippen LogP contribution in [0.5, 0.6) is 0 Å². The SMILES string of the molecule is C[C@@H](OCc1ccccc1)[C@H](NC(=O)CNC(=O)[C@@H](NC(=O)[C@@H](N)CCC(N)=O)[C@@H](C)OCc1ccccc1)C(=O)NCC(=O)N[C@@H](CCCCNC(=O)OCc1ccccc1)C(=O)O. The van der Waals surface area contributed by atoms with Gasteiger partial charge in [0.25, 0.3) is 0 Å². The lowest BCUT2D eigenvalue weighted by atomic mass is 10.1. The van der Waals surface area contributed by atoms with Crippen LogP contribution in [0.15, 0.2) is 91.0 Å². The van der Waals surface area contributed by atoms with Crippen LogP contribution in [0, 0.1) is 0 Å². The van der Waals surface area contributed by atoms with E-state index in [1.807, 2.05) is 42.5 Å². The van der Waals surface area contributed by atoms with Gasteiger partial charge in [-0.25, -0.2) is 9.59 Å². The maximum atomic E-state index is 13.5. The fourth-order valence-electron chi connectivity index (χ4n) is 6.00. The number of carboxylic acid groups (broad SMARTS) is 1. The summed E-state index contributed by atoms with van der Waals surface area (Å²) >= 11 is 0. The van der Waals surface area contributed by atoms with Crippen molar-refractivity contribution in [3.8, 4) is 0 Å². The van der Waals surface area contributed by atoms with E-state index in [4.69, 9.17) is 25.7 Å². The first kappa shape index (κ1) is 52.4. The predicted octanol–water partition coefficient (Wildman–Crippen LogP) is 0.658. The Morgan fingerprint density at radius 1 is 0.585 bits per heavy atom. The first-order chi connectivity index (χ1) is 31.1. The van der Waals surface area contributed by atoms with Crippen molar-refractivity contribution in [3.05, 3.63) is 108 Å². The third-order valence-corrected chi connectivity index (χ3v) is 9.75. The third-order valence-electron chi connectivity index (χ3n) is 9.75. The van der Waals surface area contributed by atoms with Crippen molar-refractivity contribution >= 4 is 47.5 Å². The minimum absolute atomic E-state index is 0.0229. The number of hydrogen-bond acceptors (Lipinski definition) is 12. The van der Waals surface area contributed by atoms with E-state index in [9.17, 15) is 43.5 Å². The van der Waals surface area contributed by atoms with Crippen LogP contribution in [0.25, 0.3) is 0 Å². The second kappa shape index (κ2) is 28.7. The molecule has 0 fully saturated rings. The molecule has 65 heavy (non-hydrogen) atoms. The highest BCUT2D eigenvalue weighted by Crippen LogP contribution is 2.10. The van der Waals surface area contributed by atoms with Gasteiger partial charge >= 0.3 is 12.1 Å². The van der Waals surface area contributed by atoms with Crippen LogP contribution in [0.3, 0.4) is 0 Å². The first-order valence-corrected chi connectivity index (χ1v) is 21.1. The zero-order valence-electron chi connectivity index (χ0n) is 36.5. The van der Waals surface area contributed by atoms with Crippen molar-refractivity contribution in [1.29, 1.82) is 0 Å². The molecule has 7 amide bonds. The van der Waals surface area contributed by atoms with Crippen LogP contribution in [0.2, 0.25) is 0 Å². The van der Waals surface area contributed by atoms with Gasteiger partial charge in [0.15, 0.2) is 0 Å². The van der Waals surface area contributed by atoms with Gasteiger partial charge in [-0.2, -0.15) is 0 Å². The highest BCUT2D eigenvalue weighted by atomic mass is 16.5. The second-order valence-corrected chi connectivity index (χ2v) is 15.0. The van der Waals surface area contributed by atoms with Crippen LogP contribution in [-0.4, -0.2) is 109 Å². The Labute approximate surface area is 377 Å². The van der Waals surface area contributed by atoms with Gasteiger partial charge in [-0.3, -0.25) is 28.8 Å². The smallest absolute Gasteiger partial charge is 0.407 e. The van der Waals surface area contributed by atoms with Crippen LogP contribution in [0.1, 0.15) is 62.6 Å². The summed E-state index contributed by atoms with van der Waals surface area (Å²) in [6.45, 7) is 2.15. The van der Waals surface area contributed by atoms with E-state index in [1.54, 1.807) is 48.5 Å². The number of carboxylic acids is 1. The summed E-state index contributed by atoms with van der Waals surface area (Å²) in [4.78, 5) is 101. The Balaban J connectivity index is 1.58. The molecule has 0 heterocycles. The molecule has 0 bridgehead atoms. The van der Waals surface area contributed by atoms with Crippen LogP contribution in [0.4, 0.5) is 4.79 Å². The summed E-state index contributed by atoms with van der Waals surface area (Å²) in [7, 11) is 0. The van der Waals surface area contributed by atoms with Crippen molar-refractivity contribution in [2.75, 3.05) is 19.6 Å². The molecule has 3 aromatic carbocycles. The van der Waals surface area contributed by atoms with E-state index in [0.29, 0.717) is 12.8 Å². The Morgan fingerprint density at radius 2 is 1.05 bits per heavy atom. The number of rotatable bonds is 29. The molecule has 0 aromatic heterocycles. The van der Waals surface area contributed by atoms with E-state index in [1.165, 1.54) is 13.8 Å². The maximum absolute atomic E-state index is 13.5. The van der Waals surface area contributed by atoms with E-state index >= 15 is 0 Å². The van der Waals surface area contributed by atoms with Crippen molar-refractivity contribution < 1.29 is 57.7 Å². The molecule has 20 heteroatoms. The monoisotopic (exact) mass is 904 g/mol. The standard InChI is InChI=1S/C45H60N8O12/c1-29(63-26-31-14-6-3-7-15-31)39(42(58)49-24-37(55)51-35(44(60)61)20-12-13-23-48-45(62)65-28-33-18-10-5-11-19-33)52-38(56)25-50-43(59)40(53-41(57)34(46)21-22-36(47)54)30(2)64-27-32-16-8-4-9-17-32/h3-11,14-19,29-30,34-35,39-40H,12-13,20-28,46H2,1-2H3,(H2,47,54)(H,48,62)(H,49,58)(H,50,59)(H,51,55)(H,52,56)(H,53,57)(H,60,61)/t29-,30-,34+,35+,39+,40+/m1/s1. The van der Waals surface area contributed by atoms with Gasteiger partial charge in [0.05, 0.1) is 44.6 Å². The normalized spacial score (nSPS) is 13.6. The van der Waals surface area contributed by atoms with E-state index in [2.05, 4.69) is 31.9 Å².